The Labute approximate surface area is 125 Å². The summed E-state index contributed by atoms with van der Waals surface area (Å²) in [5.41, 5.74) is -0.499. The first-order valence-electron chi connectivity index (χ1n) is 6.39. The fraction of sp³-hybridized carbons (Fsp3) is 0.118. The van der Waals surface area contributed by atoms with Crippen LogP contribution in [0.1, 0.15) is 22.8 Å². The highest BCUT2D eigenvalue weighted by Crippen LogP contribution is 2.29. The Morgan fingerprint density at radius 3 is 1.86 bits per heavy atom. The molecule has 22 heavy (non-hydrogen) atoms. The van der Waals surface area contributed by atoms with E-state index in [-0.39, 0.29) is 17.2 Å². The summed E-state index contributed by atoms with van der Waals surface area (Å²) in [6.45, 7) is 1.67. The summed E-state index contributed by atoms with van der Waals surface area (Å²) >= 11 is 0. The van der Waals surface area contributed by atoms with E-state index in [0.717, 1.165) is 12.1 Å². The number of benzene rings is 2. The molecule has 0 radical (unpaired) electrons. The number of allylic oxidation sites excluding steroid dienone is 2. The highest BCUT2D eigenvalue weighted by Gasteiger charge is 2.30. The summed E-state index contributed by atoms with van der Waals surface area (Å²) in [6.07, 6.45) is -1.51. The fourth-order valence-corrected chi connectivity index (χ4v) is 1.49. The molecule has 0 bridgehead atoms. The van der Waals surface area contributed by atoms with Gasteiger partial charge in [0, 0.05) is 5.56 Å². The van der Waals surface area contributed by atoms with Gasteiger partial charge < -0.3 is 0 Å². The van der Waals surface area contributed by atoms with E-state index in [1.165, 1.54) is 30.3 Å². The maximum Gasteiger partial charge on any atom is 0.416 e. The van der Waals surface area contributed by atoms with Crippen LogP contribution in [0, 0.1) is 5.82 Å². The van der Waals surface area contributed by atoms with Crippen LogP contribution in [-0.4, -0.2) is 5.78 Å². The molecule has 0 saturated carbocycles. The molecule has 2 aromatic carbocycles. The molecular weight excluding hydrogens is 296 g/mol. The van der Waals surface area contributed by atoms with Crippen LogP contribution >= 0.6 is 0 Å². The minimum Gasteiger partial charge on any atom is -0.289 e. The van der Waals surface area contributed by atoms with Gasteiger partial charge in [0.15, 0.2) is 5.78 Å². The Morgan fingerprint density at radius 2 is 1.50 bits per heavy atom. The Bertz CT molecular complexity index is 613. The monoisotopic (exact) mass is 310 g/mol. The molecule has 0 heterocycles. The van der Waals surface area contributed by atoms with Crippen molar-refractivity contribution >= 4 is 5.78 Å². The number of halogens is 4. The third-order valence-corrected chi connectivity index (χ3v) is 2.55. The summed E-state index contributed by atoms with van der Waals surface area (Å²) in [5, 5.41) is 0. The second kappa shape index (κ2) is 8.12. The van der Waals surface area contributed by atoms with Crippen molar-refractivity contribution in [3.8, 4) is 0 Å². The van der Waals surface area contributed by atoms with Crippen molar-refractivity contribution < 1.29 is 22.4 Å². The van der Waals surface area contributed by atoms with Gasteiger partial charge in [0.1, 0.15) is 5.82 Å². The van der Waals surface area contributed by atoms with Crippen LogP contribution in [0.25, 0.3) is 0 Å². The highest BCUT2D eigenvalue weighted by atomic mass is 19.4. The first-order valence-corrected chi connectivity index (χ1v) is 6.39. The van der Waals surface area contributed by atoms with Gasteiger partial charge in [-0.2, -0.15) is 13.2 Å². The first-order chi connectivity index (χ1) is 10.3. The smallest absolute Gasteiger partial charge is 0.289 e. The van der Waals surface area contributed by atoms with E-state index in [9.17, 15) is 22.4 Å². The van der Waals surface area contributed by atoms with Gasteiger partial charge in [0.05, 0.1) is 5.56 Å². The Hall–Kier alpha value is -2.43. The molecule has 0 aliphatic heterocycles. The van der Waals surface area contributed by atoms with Gasteiger partial charge in [-0.15, -0.1) is 0 Å². The standard InChI is InChI=1S/C11H9F3O.C6H5F/c1-2-3-10(15)8-4-6-9(7-5-8)11(12,13)14;7-6-4-2-1-3-5-6/h2-7H,1H3;1-5H/b3-2-;. The van der Waals surface area contributed by atoms with E-state index in [1.54, 1.807) is 31.2 Å². The summed E-state index contributed by atoms with van der Waals surface area (Å²) in [5.74, 6) is -0.478. The molecule has 116 valence electrons. The van der Waals surface area contributed by atoms with E-state index in [1.807, 2.05) is 0 Å². The van der Waals surface area contributed by atoms with Crippen molar-refractivity contribution in [3.05, 3.63) is 83.7 Å². The SMILES string of the molecule is C/C=C\C(=O)c1ccc(C(F)(F)F)cc1.Fc1ccccc1. The Morgan fingerprint density at radius 1 is 0.955 bits per heavy atom. The van der Waals surface area contributed by atoms with Gasteiger partial charge in [-0.05, 0) is 37.3 Å². The third-order valence-electron chi connectivity index (χ3n) is 2.55. The molecule has 0 aliphatic carbocycles. The quantitative estimate of drug-likeness (QED) is 0.418. The lowest BCUT2D eigenvalue weighted by Crippen LogP contribution is -2.05. The van der Waals surface area contributed by atoms with Crippen LogP contribution < -0.4 is 0 Å². The lowest BCUT2D eigenvalue weighted by molar-refractivity contribution is -0.137. The van der Waals surface area contributed by atoms with Gasteiger partial charge in [-0.25, -0.2) is 4.39 Å². The second-order valence-corrected chi connectivity index (χ2v) is 4.23. The van der Waals surface area contributed by atoms with Crippen molar-refractivity contribution in [3.63, 3.8) is 0 Å². The van der Waals surface area contributed by atoms with Gasteiger partial charge >= 0.3 is 6.18 Å². The molecule has 0 aliphatic rings. The van der Waals surface area contributed by atoms with E-state index >= 15 is 0 Å². The predicted octanol–water partition coefficient (Wildman–Crippen LogP) is 5.29. The van der Waals surface area contributed by atoms with Crippen LogP contribution in [0.5, 0.6) is 0 Å². The van der Waals surface area contributed by atoms with Crippen LogP contribution in [0.4, 0.5) is 17.6 Å². The number of hydrogen-bond acceptors (Lipinski definition) is 1. The lowest BCUT2D eigenvalue weighted by atomic mass is 10.1. The highest BCUT2D eigenvalue weighted by molar-refractivity contribution is 6.04. The second-order valence-electron chi connectivity index (χ2n) is 4.23. The van der Waals surface area contributed by atoms with Gasteiger partial charge in [-0.1, -0.05) is 36.4 Å². The fourth-order valence-electron chi connectivity index (χ4n) is 1.49. The molecule has 1 nitrogen and oxygen atoms in total. The minimum absolute atomic E-state index is 0.178. The van der Waals surface area contributed by atoms with Gasteiger partial charge in [0.2, 0.25) is 0 Å². The maximum atomic E-state index is 12.2. The zero-order valence-corrected chi connectivity index (χ0v) is 11.8. The van der Waals surface area contributed by atoms with Crippen molar-refractivity contribution in [2.24, 2.45) is 0 Å². The number of carbonyl (C=O) groups excluding carboxylic acids is 1. The largest absolute Gasteiger partial charge is 0.416 e. The number of carbonyl (C=O) groups is 1. The van der Waals surface area contributed by atoms with Crippen LogP contribution in [0.2, 0.25) is 0 Å². The number of alkyl halides is 3. The van der Waals surface area contributed by atoms with E-state index in [0.29, 0.717) is 0 Å². The minimum atomic E-state index is -4.36. The summed E-state index contributed by atoms with van der Waals surface area (Å²) in [4.78, 5) is 11.2. The molecule has 0 fully saturated rings. The summed E-state index contributed by atoms with van der Waals surface area (Å²) < 4.78 is 48.4. The van der Waals surface area contributed by atoms with Crippen LogP contribution in [0.15, 0.2) is 66.7 Å². The van der Waals surface area contributed by atoms with Crippen molar-refractivity contribution in [1.82, 2.24) is 0 Å². The molecule has 2 aromatic rings. The zero-order valence-electron chi connectivity index (χ0n) is 11.8. The van der Waals surface area contributed by atoms with Crippen LogP contribution in [0.3, 0.4) is 0 Å². The van der Waals surface area contributed by atoms with Crippen molar-refractivity contribution in [1.29, 1.82) is 0 Å². The molecule has 0 amide bonds. The number of rotatable bonds is 2. The maximum absolute atomic E-state index is 12.2. The van der Waals surface area contributed by atoms with Gasteiger partial charge in [-0.3, -0.25) is 4.79 Å². The number of ketones is 1. The average Bonchev–Trinajstić information content (AvgIpc) is 2.48. The molecule has 0 atom stereocenters. The van der Waals surface area contributed by atoms with E-state index in [2.05, 4.69) is 0 Å². The molecule has 0 unspecified atom stereocenters. The molecule has 0 N–H and O–H groups in total. The molecule has 0 saturated heterocycles. The Balaban J connectivity index is 0.000000287. The Kier molecular flexibility index (Phi) is 6.50. The third kappa shape index (κ3) is 5.91. The van der Waals surface area contributed by atoms with Crippen molar-refractivity contribution in [2.75, 3.05) is 0 Å². The normalized spacial score (nSPS) is 11.0. The molecular formula is C17H14F4O. The summed E-state index contributed by atoms with van der Waals surface area (Å²) in [7, 11) is 0. The number of hydrogen-bond donors (Lipinski definition) is 0. The average molecular weight is 310 g/mol. The molecule has 2 rings (SSSR count). The van der Waals surface area contributed by atoms with E-state index < -0.39 is 11.7 Å². The van der Waals surface area contributed by atoms with Crippen molar-refractivity contribution in [2.45, 2.75) is 13.1 Å². The first kappa shape index (κ1) is 17.6. The van der Waals surface area contributed by atoms with E-state index in [4.69, 9.17) is 0 Å². The zero-order chi connectivity index (χ0) is 16.6. The van der Waals surface area contributed by atoms with Gasteiger partial charge in [0.25, 0.3) is 0 Å². The molecule has 0 aromatic heterocycles. The predicted molar refractivity (Wildman–Crippen MR) is 77.0 cm³/mol. The lowest BCUT2D eigenvalue weighted by Gasteiger charge is -2.06. The molecule has 0 spiro atoms. The topological polar surface area (TPSA) is 17.1 Å². The van der Waals surface area contributed by atoms with Crippen LogP contribution in [-0.2, 0) is 6.18 Å². The summed E-state index contributed by atoms with van der Waals surface area (Å²) in [6, 6.07) is 12.1. The molecule has 5 heteroatoms.